The minimum Gasteiger partial charge on any atom is -0.486 e. The summed E-state index contributed by atoms with van der Waals surface area (Å²) in [5, 5.41) is 0.361. The van der Waals surface area contributed by atoms with Crippen LogP contribution in [0.4, 0.5) is 0 Å². The minimum atomic E-state index is -0.136. The zero-order valence-electron chi connectivity index (χ0n) is 10.7. The second kappa shape index (κ2) is 6.14. The lowest BCUT2D eigenvalue weighted by Gasteiger charge is -2.19. The fourth-order valence-electron chi connectivity index (χ4n) is 2.05. The van der Waals surface area contributed by atoms with E-state index in [-0.39, 0.29) is 5.78 Å². The number of ether oxygens (including phenoxy) is 2. The zero-order chi connectivity index (χ0) is 15.0. The summed E-state index contributed by atoms with van der Waals surface area (Å²) in [6.07, 6.45) is 0. The van der Waals surface area contributed by atoms with E-state index in [0.29, 0.717) is 40.9 Å². The zero-order valence-corrected chi connectivity index (χ0v) is 15.2. The predicted molar refractivity (Wildman–Crippen MR) is 92.7 cm³/mol. The van der Waals surface area contributed by atoms with Crippen LogP contribution in [0.15, 0.2) is 34.8 Å². The number of carbonyl (C=O) groups is 1. The standard InChI is InChI=1S/C15H9BrClIO3/c16-8-1-2-12(18)10(5-8)15(19)9-6-13-14(7-11(9)17)21-4-3-20-13/h1-2,5-7H,3-4H2. The highest BCUT2D eigenvalue weighted by Crippen LogP contribution is 2.36. The molecule has 0 saturated carbocycles. The average Bonchev–Trinajstić information content (AvgIpc) is 2.48. The van der Waals surface area contributed by atoms with Crippen molar-refractivity contribution in [3.63, 3.8) is 0 Å². The van der Waals surface area contributed by atoms with Gasteiger partial charge in [-0.15, -0.1) is 0 Å². The Kier molecular flexibility index (Phi) is 4.42. The maximum atomic E-state index is 12.7. The number of carbonyl (C=O) groups excluding carboxylic acids is 1. The molecule has 0 amide bonds. The summed E-state index contributed by atoms with van der Waals surface area (Å²) in [6, 6.07) is 8.84. The molecule has 1 heterocycles. The van der Waals surface area contributed by atoms with Gasteiger partial charge >= 0.3 is 0 Å². The van der Waals surface area contributed by atoms with Crippen LogP contribution >= 0.6 is 50.1 Å². The fourth-order valence-corrected chi connectivity index (χ4v) is 3.24. The van der Waals surface area contributed by atoms with E-state index in [1.54, 1.807) is 18.2 Å². The van der Waals surface area contributed by atoms with E-state index >= 15 is 0 Å². The highest BCUT2D eigenvalue weighted by molar-refractivity contribution is 14.1. The molecule has 3 nitrogen and oxygen atoms in total. The van der Waals surface area contributed by atoms with E-state index in [4.69, 9.17) is 21.1 Å². The summed E-state index contributed by atoms with van der Waals surface area (Å²) in [5.74, 6) is 0.994. The third-order valence-corrected chi connectivity index (χ3v) is 4.80. The Balaban J connectivity index is 2.07. The first kappa shape index (κ1) is 15.1. The van der Waals surface area contributed by atoms with Crippen molar-refractivity contribution in [3.8, 4) is 11.5 Å². The maximum absolute atomic E-state index is 12.7. The SMILES string of the molecule is O=C(c1cc2c(cc1Cl)OCCO2)c1cc(Br)ccc1I. The van der Waals surface area contributed by atoms with Gasteiger partial charge < -0.3 is 9.47 Å². The monoisotopic (exact) mass is 478 g/mol. The van der Waals surface area contributed by atoms with Gasteiger partial charge in [0.25, 0.3) is 0 Å². The average molecular weight is 479 g/mol. The van der Waals surface area contributed by atoms with Gasteiger partial charge in [-0.25, -0.2) is 0 Å². The van der Waals surface area contributed by atoms with E-state index in [2.05, 4.69) is 38.5 Å². The normalized spacial score (nSPS) is 13.1. The molecule has 0 aromatic heterocycles. The summed E-state index contributed by atoms with van der Waals surface area (Å²) in [4.78, 5) is 12.7. The summed E-state index contributed by atoms with van der Waals surface area (Å²) >= 11 is 11.7. The molecule has 0 saturated heterocycles. The molecule has 0 bridgehead atoms. The van der Waals surface area contributed by atoms with Crippen molar-refractivity contribution >= 4 is 55.9 Å². The second-order valence-corrected chi connectivity index (χ2v) is 6.91. The largest absolute Gasteiger partial charge is 0.486 e. The van der Waals surface area contributed by atoms with Crippen LogP contribution < -0.4 is 9.47 Å². The number of halogens is 3. The Hall–Kier alpha value is -0.790. The Labute approximate surface area is 148 Å². The highest BCUT2D eigenvalue weighted by atomic mass is 127. The first-order chi connectivity index (χ1) is 10.1. The van der Waals surface area contributed by atoms with Crippen LogP contribution in [0.25, 0.3) is 0 Å². The van der Waals surface area contributed by atoms with E-state index < -0.39 is 0 Å². The van der Waals surface area contributed by atoms with E-state index in [1.165, 1.54) is 0 Å². The molecule has 0 unspecified atom stereocenters. The highest BCUT2D eigenvalue weighted by Gasteiger charge is 2.21. The molecular weight excluding hydrogens is 470 g/mol. The van der Waals surface area contributed by atoms with Gasteiger partial charge in [0.15, 0.2) is 17.3 Å². The molecule has 2 aromatic carbocycles. The van der Waals surface area contributed by atoms with Gasteiger partial charge in [-0.05, 0) is 46.9 Å². The van der Waals surface area contributed by atoms with Crippen molar-refractivity contribution in [3.05, 3.63) is 54.5 Å². The molecule has 6 heteroatoms. The van der Waals surface area contributed by atoms with Crippen molar-refractivity contribution in [2.24, 2.45) is 0 Å². The van der Waals surface area contributed by atoms with Gasteiger partial charge in [0.05, 0.1) is 5.02 Å². The van der Waals surface area contributed by atoms with Crippen molar-refractivity contribution in [2.75, 3.05) is 13.2 Å². The van der Waals surface area contributed by atoms with Crippen LogP contribution in [-0.2, 0) is 0 Å². The molecule has 0 fully saturated rings. The lowest BCUT2D eigenvalue weighted by Crippen LogP contribution is -2.16. The Morgan fingerprint density at radius 2 is 1.76 bits per heavy atom. The molecule has 0 aliphatic carbocycles. The quantitative estimate of drug-likeness (QED) is 0.463. The third kappa shape index (κ3) is 3.05. The van der Waals surface area contributed by atoms with Crippen LogP contribution in [0.3, 0.4) is 0 Å². The summed E-state index contributed by atoms with van der Waals surface area (Å²) in [7, 11) is 0. The van der Waals surface area contributed by atoms with Crippen molar-refractivity contribution in [1.82, 2.24) is 0 Å². The predicted octanol–water partition coefficient (Wildman–Crippen LogP) is 4.71. The van der Waals surface area contributed by atoms with E-state index in [1.807, 2.05) is 12.1 Å². The third-order valence-electron chi connectivity index (χ3n) is 3.05. The van der Waals surface area contributed by atoms with Crippen LogP contribution in [-0.4, -0.2) is 19.0 Å². The van der Waals surface area contributed by atoms with Crippen LogP contribution in [0.1, 0.15) is 15.9 Å². The second-order valence-electron chi connectivity index (χ2n) is 4.43. The summed E-state index contributed by atoms with van der Waals surface area (Å²) in [5.41, 5.74) is 1.01. The van der Waals surface area contributed by atoms with Crippen LogP contribution in [0.5, 0.6) is 11.5 Å². The number of benzene rings is 2. The molecule has 0 spiro atoms. The first-order valence-corrected chi connectivity index (χ1v) is 8.40. The van der Waals surface area contributed by atoms with Crippen LogP contribution in [0.2, 0.25) is 5.02 Å². The number of hydrogen-bond acceptors (Lipinski definition) is 3. The van der Waals surface area contributed by atoms with Gasteiger partial charge in [-0.1, -0.05) is 27.5 Å². The Bertz CT molecular complexity index is 733. The molecule has 1 aliphatic rings. The number of ketones is 1. The molecule has 3 rings (SSSR count). The molecule has 21 heavy (non-hydrogen) atoms. The number of fused-ring (bicyclic) bond motifs is 1. The molecule has 1 aliphatic heterocycles. The van der Waals surface area contributed by atoms with Crippen molar-refractivity contribution < 1.29 is 14.3 Å². The topological polar surface area (TPSA) is 35.5 Å². The fraction of sp³-hybridized carbons (Fsp3) is 0.133. The first-order valence-electron chi connectivity index (χ1n) is 6.15. The van der Waals surface area contributed by atoms with E-state index in [0.717, 1.165) is 8.04 Å². The molecule has 0 N–H and O–H groups in total. The van der Waals surface area contributed by atoms with Crippen molar-refractivity contribution in [2.45, 2.75) is 0 Å². The van der Waals surface area contributed by atoms with Gasteiger partial charge in [0.2, 0.25) is 0 Å². The Morgan fingerprint density at radius 3 is 2.48 bits per heavy atom. The minimum absolute atomic E-state index is 0.136. The van der Waals surface area contributed by atoms with Crippen molar-refractivity contribution in [1.29, 1.82) is 0 Å². The summed E-state index contributed by atoms with van der Waals surface area (Å²) in [6.45, 7) is 0.955. The lowest BCUT2D eigenvalue weighted by atomic mass is 10.0. The molecular formula is C15H9BrClIO3. The molecule has 2 aromatic rings. The summed E-state index contributed by atoms with van der Waals surface area (Å²) < 4.78 is 12.7. The van der Waals surface area contributed by atoms with Gasteiger partial charge in [-0.3, -0.25) is 4.79 Å². The van der Waals surface area contributed by atoms with Gasteiger partial charge in [-0.2, -0.15) is 0 Å². The maximum Gasteiger partial charge on any atom is 0.195 e. The number of rotatable bonds is 2. The molecule has 0 radical (unpaired) electrons. The van der Waals surface area contributed by atoms with E-state index in [9.17, 15) is 4.79 Å². The lowest BCUT2D eigenvalue weighted by molar-refractivity contribution is 0.103. The molecule has 0 atom stereocenters. The Morgan fingerprint density at radius 1 is 1.10 bits per heavy atom. The van der Waals surface area contributed by atoms with Gasteiger partial charge in [0, 0.05) is 25.2 Å². The smallest absolute Gasteiger partial charge is 0.195 e. The number of hydrogen-bond donors (Lipinski definition) is 0. The molecule has 108 valence electrons. The van der Waals surface area contributed by atoms with Gasteiger partial charge in [0.1, 0.15) is 13.2 Å². The van der Waals surface area contributed by atoms with Crippen LogP contribution in [0, 0.1) is 3.57 Å².